The summed E-state index contributed by atoms with van der Waals surface area (Å²) in [4.78, 5) is 0. The zero-order valence-electron chi connectivity index (χ0n) is 7.97. The van der Waals surface area contributed by atoms with Crippen LogP contribution in [0.5, 0.6) is 0 Å². The molecule has 0 spiro atoms. The third kappa shape index (κ3) is 3.14. The average Bonchev–Trinajstić information content (AvgIpc) is 2.15. The second-order valence-corrected chi connectivity index (χ2v) is 4.07. The van der Waals surface area contributed by atoms with Crippen LogP contribution < -0.4 is 0 Å². The first-order valence-electron chi connectivity index (χ1n) is 5.27. The minimum Gasteiger partial charge on any atom is -0.396 e. The first-order chi connectivity index (χ1) is 5.86. The van der Waals surface area contributed by atoms with Gasteiger partial charge in [-0.15, -0.1) is 0 Å². The van der Waals surface area contributed by atoms with Crippen LogP contribution in [0.3, 0.4) is 0 Å². The Hall–Kier alpha value is -0.0400. The lowest BCUT2D eigenvalue weighted by atomic mass is 9.80. The van der Waals surface area contributed by atoms with Crippen LogP contribution in [0, 0.1) is 18.8 Å². The molecule has 0 aromatic carbocycles. The van der Waals surface area contributed by atoms with Crippen LogP contribution >= 0.6 is 0 Å². The Morgan fingerprint density at radius 1 is 1.08 bits per heavy atom. The van der Waals surface area contributed by atoms with E-state index in [-0.39, 0.29) is 0 Å². The van der Waals surface area contributed by atoms with Gasteiger partial charge in [0.2, 0.25) is 0 Å². The fraction of sp³-hybridized carbons (Fsp3) is 0.909. The van der Waals surface area contributed by atoms with Crippen molar-refractivity contribution in [1.29, 1.82) is 0 Å². The molecule has 0 aromatic heterocycles. The Kier molecular flexibility index (Phi) is 4.67. The fourth-order valence-electron chi connectivity index (χ4n) is 2.14. The van der Waals surface area contributed by atoms with Gasteiger partial charge in [0.15, 0.2) is 0 Å². The van der Waals surface area contributed by atoms with Crippen molar-refractivity contribution in [3.8, 4) is 0 Å². The van der Waals surface area contributed by atoms with Gasteiger partial charge in [-0.3, -0.25) is 0 Å². The highest BCUT2D eigenvalue weighted by Crippen LogP contribution is 2.31. The summed E-state index contributed by atoms with van der Waals surface area (Å²) < 4.78 is 0. The summed E-state index contributed by atoms with van der Waals surface area (Å²) in [5.41, 5.74) is 0. The molecule has 1 aliphatic carbocycles. The summed E-state index contributed by atoms with van der Waals surface area (Å²) >= 11 is 0. The first kappa shape index (κ1) is 10.0. The molecule has 1 aliphatic rings. The Balaban J connectivity index is 2.09. The molecular weight excluding hydrogens is 148 g/mol. The highest BCUT2D eigenvalue weighted by atomic mass is 16.3. The van der Waals surface area contributed by atoms with Crippen molar-refractivity contribution in [3.63, 3.8) is 0 Å². The quantitative estimate of drug-likeness (QED) is 0.686. The van der Waals surface area contributed by atoms with Crippen LogP contribution in [-0.2, 0) is 0 Å². The molecule has 0 unspecified atom stereocenters. The molecule has 1 saturated carbocycles. The minimum absolute atomic E-state index is 0.405. The highest BCUT2D eigenvalue weighted by Gasteiger charge is 2.19. The molecule has 0 saturated heterocycles. The first-order valence-corrected chi connectivity index (χ1v) is 5.27. The summed E-state index contributed by atoms with van der Waals surface area (Å²) in [6.07, 6.45) is 8.91. The van der Waals surface area contributed by atoms with Crippen LogP contribution in [0.4, 0.5) is 0 Å². The molecule has 1 heteroatoms. The normalized spacial score (nSPS) is 30.5. The van der Waals surface area contributed by atoms with E-state index >= 15 is 0 Å². The predicted molar refractivity (Wildman–Crippen MR) is 51.7 cm³/mol. The van der Waals surface area contributed by atoms with E-state index in [0.29, 0.717) is 12.5 Å². The van der Waals surface area contributed by atoms with E-state index in [4.69, 9.17) is 5.11 Å². The van der Waals surface area contributed by atoms with Crippen LogP contribution in [0.1, 0.15) is 44.9 Å². The third-order valence-corrected chi connectivity index (χ3v) is 3.09. The summed E-state index contributed by atoms with van der Waals surface area (Å²) in [6.45, 7) is 4.27. The van der Waals surface area contributed by atoms with E-state index in [0.717, 1.165) is 12.3 Å². The van der Waals surface area contributed by atoms with Gasteiger partial charge < -0.3 is 5.11 Å². The van der Waals surface area contributed by atoms with E-state index in [1.807, 2.05) is 0 Å². The van der Waals surface area contributed by atoms with Gasteiger partial charge in [-0.05, 0) is 24.7 Å². The van der Waals surface area contributed by atoms with Gasteiger partial charge >= 0.3 is 0 Å². The molecule has 1 nitrogen and oxygen atoms in total. The Bertz CT molecular complexity index is 104. The van der Waals surface area contributed by atoms with Gasteiger partial charge in [-0.2, -0.15) is 0 Å². The second-order valence-electron chi connectivity index (χ2n) is 4.07. The molecule has 0 aliphatic heterocycles. The van der Waals surface area contributed by atoms with Crippen molar-refractivity contribution in [3.05, 3.63) is 6.92 Å². The summed E-state index contributed by atoms with van der Waals surface area (Å²) in [7, 11) is 0. The predicted octanol–water partition coefficient (Wildman–Crippen LogP) is 2.79. The molecule has 12 heavy (non-hydrogen) atoms. The van der Waals surface area contributed by atoms with Crippen molar-refractivity contribution in [2.45, 2.75) is 44.9 Å². The van der Waals surface area contributed by atoms with Crippen molar-refractivity contribution in [1.82, 2.24) is 0 Å². The number of hydrogen-bond acceptors (Lipinski definition) is 1. The molecular formula is C11H21O. The second kappa shape index (κ2) is 5.58. The number of hydrogen-bond donors (Lipinski definition) is 1. The summed E-state index contributed by atoms with van der Waals surface area (Å²) in [6, 6.07) is 0. The minimum atomic E-state index is 0.405. The van der Waals surface area contributed by atoms with Crippen molar-refractivity contribution < 1.29 is 5.11 Å². The van der Waals surface area contributed by atoms with E-state index in [2.05, 4.69) is 6.92 Å². The van der Waals surface area contributed by atoms with Gasteiger partial charge in [0, 0.05) is 6.61 Å². The molecule has 0 aromatic rings. The van der Waals surface area contributed by atoms with Gasteiger partial charge in [0.1, 0.15) is 0 Å². The van der Waals surface area contributed by atoms with Crippen molar-refractivity contribution in [2.75, 3.05) is 6.61 Å². The molecule has 71 valence electrons. The van der Waals surface area contributed by atoms with Gasteiger partial charge in [-0.25, -0.2) is 0 Å². The third-order valence-electron chi connectivity index (χ3n) is 3.09. The fourth-order valence-corrected chi connectivity index (χ4v) is 2.14. The Morgan fingerprint density at radius 3 is 2.17 bits per heavy atom. The lowest BCUT2D eigenvalue weighted by Crippen LogP contribution is -2.17. The lowest BCUT2D eigenvalue weighted by Gasteiger charge is -2.27. The van der Waals surface area contributed by atoms with Crippen molar-refractivity contribution in [2.24, 2.45) is 11.8 Å². The topological polar surface area (TPSA) is 20.2 Å². The lowest BCUT2D eigenvalue weighted by molar-refractivity contribution is 0.163. The van der Waals surface area contributed by atoms with E-state index < -0.39 is 0 Å². The van der Waals surface area contributed by atoms with Gasteiger partial charge in [0.25, 0.3) is 0 Å². The standard InChI is InChI=1S/C11H21O/c1-2-3-4-10-5-7-11(9-12)8-6-10/h10-12H,1-9H2. The van der Waals surface area contributed by atoms with E-state index in [9.17, 15) is 0 Å². The van der Waals surface area contributed by atoms with Gasteiger partial charge in [-0.1, -0.05) is 39.0 Å². The maximum Gasteiger partial charge on any atom is 0.0459 e. The number of rotatable bonds is 4. The molecule has 1 radical (unpaired) electrons. The number of aliphatic hydroxyl groups is 1. The summed E-state index contributed by atoms with van der Waals surface area (Å²) in [5.74, 6) is 1.55. The number of aliphatic hydroxyl groups excluding tert-OH is 1. The maximum absolute atomic E-state index is 8.94. The number of unbranched alkanes of at least 4 members (excludes halogenated alkanes) is 1. The molecule has 0 bridgehead atoms. The van der Waals surface area contributed by atoms with Crippen LogP contribution in [0.2, 0.25) is 0 Å². The van der Waals surface area contributed by atoms with Gasteiger partial charge in [0.05, 0.1) is 0 Å². The maximum atomic E-state index is 8.94. The Morgan fingerprint density at radius 2 is 1.67 bits per heavy atom. The largest absolute Gasteiger partial charge is 0.396 e. The molecule has 1 rings (SSSR count). The molecule has 1 fully saturated rings. The van der Waals surface area contributed by atoms with Crippen LogP contribution in [0.25, 0.3) is 0 Å². The zero-order valence-corrected chi connectivity index (χ0v) is 7.97. The monoisotopic (exact) mass is 169 g/mol. The van der Waals surface area contributed by atoms with Crippen LogP contribution in [-0.4, -0.2) is 11.7 Å². The average molecular weight is 169 g/mol. The Labute approximate surface area is 76.2 Å². The highest BCUT2D eigenvalue weighted by molar-refractivity contribution is 4.71. The zero-order chi connectivity index (χ0) is 8.81. The molecule has 1 N–H and O–H groups in total. The smallest absolute Gasteiger partial charge is 0.0459 e. The molecule has 0 heterocycles. The van der Waals surface area contributed by atoms with Crippen LogP contribution in [0.15, 0.2) is 0 Å². The van der Waals surface area contributed by atoms with E-state index in [1.54, 1.807) is 0 Å². The van der Waals surface area contributed by atoms with Crippen molar-refractivity contribution >= 4 is 0 Å². The summed E-state index contributed by atoms with van der Waals surface area (Å²) in [5, 5.41) is 8.94. The SMILES string of the molecule is [CH2]CCCC1CCC(CO)CC1. The molecule has 0 atom stereocenters. The molecule has 0 amide bonds. The van der Waals surface area contributed by atoms with E-state index in [1.165, 1.54) is 38.5 Å².